The lowest BCUT2D eigenvalue weighted by Gasteiger charge is -2.31. The summed E-state index contributed by atoms with van der Waals surface area (Å²) < 4.78 is 11.8. The van der Waals surface area contributed by atoms with E-state index in [-0.39, 0.29) is 12.1 Å². The zero-order valence-corrected chi connectivity index (χ0v) is 11.9. The van der Waals surface area contributed by atoms with Crippen LogP contribution in [0.4, 0.5) is 0 Å². The van der Waals surface area contributed by atoms with Crippen LogP contribution in [-0.2, 0) is 17.6 Å². The zero-order chi connectivity index (χ0) is 14.2. The Bertz CT molecular complexity index is 668. The van der Waals surface area contributed by atoms with Crippen molar-refractivity contribution in [1.82, 2.24) is 0 Å². The summed E-state index contributed by atoms with van der Waals surface area (Å²) in [4.78, 5) is 0. The van der Waals surface area contributed by atoms with Crippen molar-refractivity contribution in [3.63, 3.8) is 0 Å². The van der Waals surface area contributed by atoms with Crippen LogP contribution in [0.3, 0.4) is 0 Å². The van der Waals surface area contributed by atoms with E-state index in [1.807, 2.05) is 0 Å². The molecule has 0 radical (unpaired) electrons. The third-order valence-electron chi connectivity index (χ3n) is 4.46. The topological polar surface area (TPSA) is 44.5 Å². The first-order valence-electron chi connectivity index (χ1n) is 7.54. The summed E-state index contributed by atoms with van der Waals surface area (Å²) in [6, 6.07) is 14.5. The van der Waals surface area contributed by atoms with Crippen molar-refractivity contribution in [2.45, 2.75) is 25.0 Å². The zero-order valence-electron chi connectivity index (χ0n) is 11.9. The first-order valence-corrected chi connectivity index (χ1v) is 7.54. The van der Waals surface area contributed by atoms with Gasteiger partial charge in [-0.25, -0.2) is 0 Å². The lowest BCUT2D eigenvalue weighted by Crippen LogP contribution is -2.27. The Morgan fingerprint density at radius 1 is 0.952 bits per heavy atom. The Morgan fingerprint density at radius 3 is 2.71 bits per heavy atom. The Morgan fingerprint density at radius 2 is 1.76 bits per heavy atom. The highest BCUT2D eigenvalue weighted by molar-refractivity contribution is 5.47. The number of rotatable bonds is 2. The number of hydrogen-bond acceptors (Lipinski definition) is 3. The molecule has 0 amide bonds. The second-order valence-corrected chi connectivity index (χ2v) is 5.70. The number of ether oxygens (including phenoxy) is 2. The Kier molecular flexibility index (Phi) is 3.17. The van der Waals surface area contributed by atoms with Crippen molar-refractivity contribution in [3.8, 4) is 5.75 Å². The van der Waals surface area contributed by atoms with Crippen molar-refractivity contribution in [2.24, 2.45) is 5.73 Å². The van der Waals surface area contributed by atoms with Crippen LogP contribution in [0.2, 0.25) is 0 Å². The van der Waals surface area contributed by atoms with Gasteiger partial charge in [-0.3, -0.25) is 0 Å². The second kappa shape index (κ2) is 5.17. The maximum Gasteiger partial charge on any atom is 0.127 e. The molecule has 2 unspecified atom stereocenters. The van der Waals surface area contributed by atoms with Crippen LogP contribution in [0.25, 0.3) is 0 Å². The molecule has 2 N–H and O–H groups in total. The lowest BCUT2D eigenvalue weighted by molar-refractivity contribution is 0.0236. The summed E-state index contributed by atoms with van der Waals surface area (Å²) in [6.45, 7) is 1.48. The molecule has 3 nitrogen and oxygen atoms in total. The molecule has 3 heteroatoms. The van der Waals surface area contributed by atoms with Crippen molar-refractivity contribution >= 4 is 0 Å². The summed E-state index contributed by atoms with van der Waals surface area (Å²) in [5.74, 6) is 0.969. The second-order valence-electron chi connectivity index (χ2n) is 5.70. The van der Waals surface area contributed by atoms with Crippen LogP contribution in [0, 0.1) is 0 Å². The summed E-state index contributed by atoms with van der Waals surface area (Å²) in [7, 11) is 0. The number of fused-ring (bicyclic) bond motifs is 2. The summed E-state index contributed by atoms with van der Waals surface area (Å²) >= 11 is 0. The molecule has 0 saturated carbocycles. The molecule has 4 rings (SSSR count). The molecule has 2 aliphatic rings. The van der Waals surface area contributed by atoms with E-state index in [2.05, 4.69) is 42.5 Å². The average molecular weight is 281 g/mol. The third-order valence-corrected chi connectivity index (χ3v) is 4.46. The molecule has 0 saturated heterocycles. The fraction of sp³-hybridized carbons (Fsp3) is 0.333. The van der Waals surface area contributed by atoms with Crippen molar-refractivity contribution in [1.29, 1.82) is 0 Å². The van der Waals surface area contributed by atoms with Gasteiger partial charge in [0, 0.05) is 12.0 Å². The molecule has 2 aromatic rings. The molecule has 0 bridgehead atoms. The van der Waals surface area contributed by atoms with Crippen LogP contribution in [-0.4, -0.2) is 13.2 Å². The van der Waals surface area contributed by atoms with Gasteiger partial charge in [-0.05, 0) is 23.1 Å². The van der Waals surface area contributed by atoms with Gasteiger partial charge in [0.15, 0.2) is 0 Å². The number of nitrogens with two attached hydrogens (primary N) is 1. The van der Waals surface area contributed by atoms with Crippen LogP contribution in [0.1, 0.15) is 34.4 Å². The van der Waals surface area contributed by atoms with Crippen LogP contribution in [0.15, 0.2) is 42.5 Å². The van der Waals surface area contributed by atoms with Gasteiger partial charge < -0.3 is 15.2 Å². The minimum atomic E-state index is -0.195. The molecule has 0 aromatic heterocycles. The number of benzene rings is 2. The van der Waals surface area contributed by atoms with Crippen LogP contribution < -0.4 is 10.5 Å². The smallest absolute Gasteiger partial charge is 0.127 e. The third kappa shape index (κ3) is 2.13. The van der Waals surface area contributed by atoms with Gasteiger partial charge in [-0.15, -0.1) is 0 Å². The highest BCUT2D eigenvalue weighted by atomic mass is 16.5. The Balaban J connectivity index is 1.73. The fourth-order valence-corrected chi connectivity index (χ4v) is 3.39. The van der Waals surface area contributed by atoms with E-state index in [0.717, 1.165) is 37.4 Å². The first kappa shape index (κ1) is 12.9. The van der Waals surface area contributed by atoms with Crippen LogP contribution in [0.5, 0.6) is 5.75 Å². The van der Waals surface area contributed by atoms with E-state index < -0.39 is 0 Å². The predicted molar refractivity (Wildman–Crippen MR) is 81.4 cm³/mol. The molecule has 108 valence electrons. The maximum absolute atomic E-state index is 6.55. The molecular weight excluding hydrogens is 262 g/mol. The summed E-state index contributed by atoms with van der Waals surface area (Å²) in [5, 5.41) is 0. The minimum Gasteiger partial charge on any atom is -0.493 e. The summed E-state index contributed by atoms with van der Waals surface area (Å²) in [5.41, 5.74) is 11.4. The molecule has 0 aliphatic carbocycles. The van der Waals surface area contributed by atoms with E-state index in [1.54, 1.807) is 0 Å². The minimum absolute atomic E-state index is 0.0920. The maximum atomic E-state index is 6.55. The fourth-order valence-electron chi connectivity index (χ4n) is 3.39. The molecule has 21 heavy (non-hydrogen) atoms. The first-order chi connectivity index (χ1) is 10.3. The lowest BCUT2D eigenvalue weighted by atomic mass is 9.89. The normalized spacial score (nSPS) is 21.3. The average Bonchev–Trinajstić information content (AvgIpc) is 3.02. The molecule has 2 atom stereocenters. The van der Waals surface area contributed by atoms with Crippen LogP contribution >= 0.6 is 0 Å². The van der Waals surface area contributed by atoms with Gasteiger partial charge >= 0.3 is 0 Å². The van der Waals surface area contributed by atoms with E-state index in [9.17, 15) is 0 Å². The van der Waals surface area contributed by atoms with Gasteiger partial charge in [0.05, 0.1) is 19.3 Å². The van der Waals surface area contributed by atoms with Crippen molar-refractivity contribution in [2.75, 3.05) is 13.2 Å². The van der Waals surface area contributed by atoms with E-state index in [0.29, 0.717) is 0 Å². The highest BCUT2D eigenvalue weighted by Crippen LogP contribution is 2.41. The SMILES string of the molecule is NC(c1cccc2c1OCC2)C1OCCc2ccccc21. The van der Waals surface area contributed by atoms with E-state index >= 15 is 0 Å². The van der Waals surface area contributed by atoms with Gasteiger partial charge in [-0.1, -0.05) is 42.5 Å². The number of para-hydroxylation sites is 1. The standard InChI is InChI=1S/C18H19NO2/c19-16(15-7-3-5-13-9-11-20-17(13)15)18-14-6-2-1-4-12(14)8-10-21-18/h1-7,16,18H,8-11,19H2. The van der Waals surface area contributed by atoms with Gasteiger partial charge in [0.25, 0.3) is 0 Å². The van der Waals surface area contributed by atoms with Gasteiger partial charge in [-0.2, -0.15) is 0 Å². The van der Waals surface area contributed by atoms with Crippen molar-refractivity contribution < 1.29 is 9.47 Å². The molecular formula is C18H19NO2. The highest BCUT2D eigenvalue weighted by Gasteiger charge is 2.30. The predicted octanol–water partition coefficient (Wildman–Crippen LogP) is 2.94. The molecule has 2 aliphatic heterocycles. The quantitative estimate of drug-likeness (QED) is 0.920. The molecule has 2 heterocycles. The summed E-state index contributed by atoms with van der Waals surface area (Å²) in [6.07, 6.45) is 1.84. The number of hydrogen-bond donors (Lipinski definition) is 1. The largest absolute Gasteiger partial charge is 0.493 e. The van der Waals surface area contributed by atoms with Gasteiger partial charge in [0.2, 0.25) is 0 Å². The molecule has 0 spiro atoms. The Labute approximate surface area is 124 Å². The molecule has 2 aromatic carbocycles. The monoisotopic (exact) mass is 281 g/mol. The van der Waals surface area contributed by atoms with E-state index in [4.69, 9.17) is 15.2 Å². The Hall–Kier alpha value is -1.84. The van der Waals surface area contributed by atoms with E-state index in [1.165, 1.54) is 16.7 Å². The molecule has 0 fully saturated rings. The van der Waals surface area contributed by atoms with Gasteiger partial charge in [0.1, 0.15) is 11.9 Å². The van der Waals surface area contributed by atoms with Crippen molar-refractivity contribution in [3.05, 3.63) is 64.7 Å².